The van der Waals surface area contributed by atoms with E-state index in [9.17, 15) is 9.59 Å². The minimum atomic E-state index is -0.281. The van der Waals surface area contributed by atoms with Gasteiger partial charge in [-0.3, -0.25) is 14.9 Å². The molecule has 4 rings (SSSR count). The van der Waals surface area contributed by atoms with Gasteiger partial charge in [-0.2, -0.15) is 4.98 Å². The summed E-state index contributed by atoms with van der Waals surface area (Å²) in [6, 6.07) is 5.40. The van der Waals surface area contributed by atoms with Crippen LogP contribution in [-0.4, -0.2) is 41.0 Å². The standard InChI is InChI=1S/C20H19N5O4S2/c1-9-15-18(29-4)23-14(8-28-3)24-19(15)31-16(9)17(27)25-20-22-12-6-5-11(21-10(2)26)7-13(12)30-20/h5-7H,8H2,1-4H3,(H,21,26)(H,22,25,27). The molecular formula is C20H19N5O4S2. The number of methoxy groups -OCH3 is 2. The van der Waals surface area contributed by atoms with Gasteiger partial charge in [-0.1, -0.05) is 11.3 Å². The highest BCUT2D eigenvalue weighted by Gasteiger charge is 2.22. The molecule has 0 radical (unpaired) electrons. The Morgan fingerprint density at radius 1 is 1.10 bits per heavy atom. The van der Waals surface area contributed by atoms with Crippen LogP contribution < -0.4 is 15.4 Å². The van der Waals surface area contributed by atoms with E-state index >= 15 is 0 Å². The van der Waals surface area contributed by atoms with Crippen LogP contribution in [0.2, 0.25) is 0 Å². The number of aromatic nitrogens is 3. The quantitative estimate of drug-likeness (QED) is 0.450. The zero-order valence-corrected chi connectivity index (χ0v) is 18.9. The van der Waals surface area contributed by atoms with E-state index in [-0.39, 0.29) is 18.4 Å². The molecule has 0 fully saturated rings. The Morgan fingerprint density at radius 2 is 1.90 bits per heavy atom. The van der Waals surface area contributed by atoms with E-state index in [1.165, 1.54) is 36.7 Å². The van der Waals surface area contributed by atoms with E-state index in [1.807, 2.05) is 13.0 Å². The summed E-state index contributed by atoms with van der Waals surface area (Å²) in [5.41, 5.74) is 2.16. The van der Waals surface area contributed by atoms with Crippen molar-refractivity contribution in [3.8, 4) is 5.88 Å². The number of rotatable bonds is 6. The number of thiophene rings is 1. The smallest absolute Gasteiger partial charge is 0.267 e. The molecule has 31 heavy (non-hydrogen) atoms. The Balaban J connectivity index is 1.65. The predicted molar refractivity (Wildman–Crippen MR) is 121 cm³/mol. The van der Waals surface area contributed by atoms with Gasteiger partial charge in [0.05, 0.1) is 27.6 Å². The highest BCUT2D eigenvalue weighted by atomic mass is 32.1. The second-order valence-electron chi connectivity index (χ2n) is 6.66. The van der Waals surface area contributed by atoms with E-state index in [1.54, 1.807) is 19.2 Å². The summed E-state index contributed by atoms with van der Waals surface area (Å²) in [4.78, 5) is 38.7. The average molecular weight is 458 g/mol. The fraction of sp³-hybridized carbons (Fsp3) is 0.250. The van der Waals surface area contributed by atoms with Crippen molar-refractivity contribution in [1.29, 1.82) is 0 Å². The molecule has 0 unspecified atom stereocenters. The number of fused-ring (bicyclic) bond motifs is 2. The fourth-order valence-corrected chi connectivity index (χ4v) is 5.10. The molecule has 0 saturated heterocycles. The van der Waals surface area contributed by atoms with Crippen LogP contribution >= 0.6 is 22.7 Å². The first kappa shape index (κ1) is 21.1. The first-order chi connectivity index (χ1) is 14.9. The van der Waals surface area contributed by atoms with Crippen molar-refractivity contribution in [2.75, 3.05) is 24.9 Å². The minimum Gasteiger partial charge on any atom is -0.480 e. The second kappa shape index (κ2) is 8.53. The first-order valence-electron chi connectivity index (χ1n) is 9.22. The first-order valence-corrected chi connectivity index (χ1v) is 10.9. The molecule has 0 saturated carbocycles. The summed E-state index contributed by atoms with van der Waals surface area (Å²) in [6.07, 6.45) is 0. The highest BCUT2D eigenvalue weighted by molar-refractivity contribution is 7.23. The number of anilines is 2. The van der Waals surface area contributed by atoms with Crippen LogP contribution in [0.3, 0.4) is 0 Å². The van der Waals surface area contributed by atoms with Crippen molar-refractivity contribution < 1.29 is 19.1 Å². The Kier molecular flexibility index (Phi) is 5.81. The number of carbonyl (C=O) groups excluding carboxylic acids is 2. The third-order valence-corrected chi connectivity index (χ3v) is 6.52. The minimum absolute atomic E-state index is 0.148. The predicted octanol–water partition coefficient (Wildman–Crippen LogP) is 3.98. The topological polar surface area (TPSA) is 115 Å². The maximum Gasteiger partial charge on any atom is 0.267 e. The molecule has 1 aromatic carbocycles. The van der Waals surface area contributed by atoms with Gasteiger partial charge in [-0.05, 0) is 30.7 Å². The number of benzene rings is 1. The fourth-order valence-electron chi connectivity index (χ4n) is 3.12. The van der Waals surface area contributed by atoms with Gasteiger partial charge in [0.1, 0.15) is 11.4 Å². The molecule has 0 aliphatic heterocycles. The second-order valence-corrected chi connectivity index (χ2v) is 8.69. The number of nitrogens with one attached hydrogen (secondary N) is 2. The Hall–Kier alpha value is -3.15. The molecule has 2 N–H and O–H groups in total. The van der Waals surface area contributed by atoms with Crippen LogP contribution in [0.25, 0.3) is 20.4 Å². The van der Waals surface area contributed by atoms with Crippen molar-refractivity contribution in [2.24, 2.45) is 0 Å². The normalized spacial score (nSPS) is 11.1. The number of hydrogen-bond acceptors (Lipinski definition) is 9. The maximum absolute atomic E-state index is 13.0. The molecule has 11 heteroatoms. The lowest BCUT2D eigenvalue weighted by Crippen LogP contribution is -2.11. The number of carbonyl (C=O) groups is 2. The van der Waals surface area contributed by atoms with Crippen molar-refractivity contribution in [2.45, 2.75) is 20.5 Å². The largest absolute Gasteiger partial charge is 0.480 e. The molecule has 160 valence electrons. The van der Waals surface area contributed by atoms with Crippen LogP contribution in [0, 0.1) is 6.92 Å². The van der Waals surface area contributed by atoms with Gasteiger partial charge in [-0.25, -0.2) is 9.97 Å². The maximum atomic E-state index is 13.0. The van der Waals surface area contributed by atoms with Crippen LogP contribution in [0.1, 0.15) is 28.0 Å². The Labute approximate surface area is 185 Å². The number of amides is 2. The lowest BCUT2D eigenvalue weighted by atomic mass is 10.2. The zero-order chi connectivity index (χ0) is 22.1. The monoisotopic (exact) mass is 457 g/mol. The number of thiazole rings is 1. The van der Waals surface area contributed by atoms with Gasteiger partial charge in [0.2, 0.25) is 11.8 Å². The lowest BCUT2D eigenvalue weighted by Gasteiger charge is -2.05. The summed E-state index contributed by atoms with van der Waals surface area (Å²) < 4.78 is 11.4. The molecule has 0 bridgehead atoms. The van der Waals surface area contributed by atoms with Gasteiger partial charge < -0.3 is 14.8 Å². The third kappa shape index (κ3) is 4.20. The van der Waals surface area contributed by atoms with Crippen molar-refractivity contribution in [3.63, 3.8) is 0 Å². The average Bonchev–Trinajstić information content (AvgIpc) is 3.27. The number of nitrogens with zero attached hydrogens (tertiary/aromatic N) is 3. The summed E-state index contributed by atoms with van der Waals surface area (Å²) in [7, 11) is 3.10. The third-order valence-electron chi connectivity index (χ3n) is 4.41. The molecule has 3 aromatic heterocycles. The molecule has 4 aromatic rings. The van der Waals surface area contributed by atoms with Crippen LogP contribution in [0.5, 0.6) is 5.88 Å². The molecular weight excluding hydrogens is 438 g/mol. The number of ether oxygens (including phenoxy) is 2. The van der Waals surface area contributed by atoms with E-state index in [2.05, 4.69) is 25.6 Å². The molecule has 9 nitrogen and oxygen atoms in total. The van der Waals surface area contributed by atoms with Gasteiger partial charge in [0, 0.05) is 19.7 Å². The SMILES string of the molecule is COCc1nc(OC)c2c(C)c(C(=O)Nc3nc4ccc(NC(C)=O)cc4s3)sc2n1. The van der Waals surface area contributed by atoms with Gasteiger partial charge >= 0.3 is 0 Å². The molecule has 0 atom stereocenters. The van der Waals surface area contributed by atoms with Crippen molar-refractivity contribution in [1.82, 2.24) is 15.0 Å². The molecule has 3 heterocycles. The highest BCUT2D eigenvalue weighted by Crippen LogP contribution is 2.36. The van der Waals surface area contributed by atoms with E-state index in [0.717, 1.165) is 15.8 Å². The van der Waals surface area contributed by atoms with Crippen LogP contribution in [0.15, 0.2) is 18.2 Å². The summed E-state index contributed by atoms with van der Waals surface area (Å²) in [6.45, 7) is 3.54. The number of aryl methyl sites for hydroxylation is 1. The zero-order valence-electron chi connectivity index (χ0n) is 17.2. The Bertz CT molecular complexity index is 1310. The molecule has 0 spiro atoms. The van der Waals surface area contributed by atoms with Crippen molar-refractivity contribution >= 4 is 65.7 Å². The lowest BCUT2D eigenvalue weighted by molar-refractivity contribution is -0.114. The molecule has 0 aliphatic rings. The van der Waals surface area contributed by atoms with Gasteiger partial charge in [0.25, 0.3) is 5.91 Å². The van der Waals surface area contributed by atoms with Crippen LogP contribution in [-0.2, 0) is 16.1 Å². The van der Waals surface area contributed by atoms with E-state index in [4.69, 9.17) is 9.47 Å². The van der Waals surface area contributed by atoms with E-state index in [0.29, 0.717) is 37.6 Å². The van der Waals surface area contributed by atoms with Gasteiger partial charge in [0.15, 0.2) is 11.0 Å². The summed E-state index contributed by atoms with van der Waals surface area (Å²) >= 11 is 2.60. The van der Waals surface area contributed by atoms with Crippen LogP contribution in [0.4, 0.5) is 10.8 Å². The van der Waals surface area contributed by atoms with Gasteiger partial charge in [-0.15, -0.1) is 11.3 Å². The summed E-state index contributed by atoms with van der Waals surface area (Å²) in [5.74, 6) is 0.471. The van der Waals surface area contributed by atoms with E-state index < -0.39 is 0 Å². The van der Waals surface area contributed by atoms with Crippen molar-refractivity contribution in [3.05, 3.63) is 34.5 Å². The molecule has 2 amide bonds. The number of hydrogen-bond donors (Lipinski definition) is 2. The summed E-state index contributed by atoms with van der Waals surface area (Å²) in [5, 5.41) is 6.78. The Morgan fingerprint density at radius 3 is 2.61 bits per heavy atom. The molecule has 0 aliphatic carbocycles.